The van der Waals surface area contributed by atoms with Gasteiger partial charge in [0.05, 0.1) is 22.0 Å². The summed E-state index contributed by atoms with van der Waals surface area (Å²) in [5.74, 6) is -1.24. The lowest BCUT2D eigenvalue weighted by Crippen LogP contribution is -2.51. The number of aryl methyl sites for hydroxylation is 1. The maximum atomic E-state index is 12.4. The molecule has 33 heavy (non-hydrogen) atoms. The Morgan fingerprint density at radius 3 is 2.48 bits per heavy atom. The van der Waals surface area contributed by atoms with Crippen molar-refractivity contribution in [2.45, 2.75) is 23.1 Å². The van der Waals surface area contributed by atoms with Crippen molar-refractivity contribution >= 4 is 46.8 Å². The zero-order chi connectivity index (χ0) is 24.0. The van der Waals surface area contributed by atoms with Gasteiger partial charge in [-0.15, -0.1) is 11.3 Å². The average molecular weight is 495 g/mol. The Morgan fingerprint density at radius 1 is 1.18 bits per heavy atom. The molecular formula is C20H22N4O7S2. The molecule has 1 aromatic carbocycles. The van der Waals surface area contributed by atoms with Crippen LogP contribution < -0.4 is 0 Å². The van der Waals surface area contributed by atoms with E-state index in [0.717, 1.165) is 23.5 Å². The van der Waals surface area contributed by atoms with Crippen LogP contribution in [0.1, 0.15) is 23.0 Å². The van der Waals surface area contributed by atoms with Gasteiger partial charge in [0, 0.05) is 43.3 Å². The molecule has 1 aromatic heterocycles. The number of nitro groups is 1. The zero-order valence-electron chi connectivity index (χ0n) is 18.0. The number of benzene rings is 1. The second kappa shape index (κ2) is 11.1. The van der Waals surface area contributed by atoms with Gasteiger partial charge in [0.2, 0.25) is 0 Å². The van der Waals surface area contributed by atoms with Crippen molar-refractivity contribution < 1.29 is 28.8 Å². The maximum absolute atomic E-state index is 12.4. The van der Waals surface area contributed by atoms with Crippen LogP contribution >= 0.6 is 23.1 Å². The number of nitro benzene ring substituents is 1. The van der Waals surface area contributed by atoms with E-state index in [9.17, 15) is 24.5 Å². The van der Waals surface area contributed by atoms with Gasteiger partial charge in [0.1, 0.15) is 0 Å². The molecule has 11 nitrogen and oxygen atoms in total. The summed E-state index contributed by atoms with van der Waals surface area (Å²) >= 11 is 2.51. The van der Waals surface area contributed by atoms with E-state index in [4.69, 9.17) is 9.47 Å². The van der Waals surface area contributed by atoms with E-state index in [0.29, 0.717) is 35.4 Å². The standard InChI is InChI=1S/C20H22N4O7S2/c1-3-30-20(27)23-8-6-22(7-9-23)17(25)11-31-18(26)14-4-5-16(15(10-14)24(28)29)33-19-21-13(2)12-32-19/h4-5,10,12H,3,6-9,11H2,1-2H3. The fourth-order valence-corrected chi connectivity index (χ4v) is 4.88. The molecule has 2 aromatic rings. The molecule has 3 rings (SSSR count). The quantitative estimate of drug-likeness (QED) is 0.324. The third-order valence-corrected chi connectivity index (χ3v) is 6.79. The number of piperazine rings is 1. The van der Waals surface area contributed by atoms with Crippen LogP contribution in [0.15, 0.2) is 32.8 Å². The van der Waals surface area contributed by atoms with Crippen LogP contribution in [-0.2, 0) is 14.3 Å². The third kappa shape index (κ3) is 6.42. The predicted molar refractivity (Wildman–Crippen MR) is 120 cm³/mol. The van der Waals surface area contributed by atoms with E-state index in [1.807, 2.05) is 12.3 Å². The number of carbonyl (C=O) groups is 3. The topological polar surface area (TPSA) is 132 Å². The third-order valence-electron chi connectivity index (χ3n) is 4.67. The Labute approximate surface area is 197 Å². The highest BCUT2D eigenvalue weighted by molar-refractivity contribution is 8.01. The molecule has 0 saturated carbocycles. The minimum Gasteiger partial charge on any atom is -0.452 e. The lowest BCUT2D eigenvalue weighted by molar-refractivity contribution is -0.387. The summed E-state index contributed by atoms with van der Waals surface area (Å²) in [4.78, 5) is 55.0. The average Bonchev–Trinajstić information content (AvgIpc) is 3.22. The second-order valence-electron chi connectivity index (χ2n) is 6.94. The monoisotopic (exact) mass is 494 g/mol. The van der Waals surface area contributed by atoms with Crippen molar-refractivity contribution in [1.29, 1.82) is 0 Å². The van der Waals surface area contributed by atoms with Gasteiger partial charge in [-0.2, -0.15) is 0 Å². The van der Waals surface area contributed by atoms with E-state index in [-0.39, 0.29) is 17.9 Å². The Morgan fingerprint density at radius 2 is 1.88 bits per heavy atom. The summed E-state index contributed by atoms with van der Waals surface area (Å²) in [5.41, 5.74) is 0.544. The van der Waals surface area contributed by atoms with Crippen molar-refractivity contribution in [3.05, 3.63) is 45.0 Å². The summed E-state index contributed by atoms with van der Waals surface area (Å²) in [7, 11) is 0. The van der Waals surface area contributed by atoms with Crippen molar-refractivity contribution in [1.82, 2.24) is 14.8 Å². The molecule has 176 valence electrons. The number of carbonyl (C=O) groups excluding carboxylic acids is 3. The summed E-state index contributed by atoms with van der Waals surface area (Å²) < 4.78 is 10.7. The molecule has 1 saturated heterocycles. The molecule has 0 N–H and O–H groups in total. The van der Waals surface area contributed by atoms with Crippen LogP contribution in [0.25, 0.3) is 0 Å². The molecule has 13 heteroatoms. The molecule has 0 atom stereocenters. The van der Waals surface area contributed by atoms with E-state index >= 15 is 0 Å². The summed E-state index contributed by atoms with van der Waals surface area (Å²) in [5, 5.41) is 13.3. The second-order valence-corrected chi connectivity index (χ2v) is 9.09. The number of hydrogen-bond acceptors (Lipinski definition) is 10. The van der Waals surface area contributed by atoms with Gasteiger partial charge in [-0.05, 0) is 26.0 Å². The summed E-state index contributed by atoms with van der Waals surface area (Å²) in [6, 6.07) is 4.01. The molecule has 1 aliphatic heterocycles. The molecule has 0 bridgehead atoms. The molecule has 0 aliphatic carbocycles. The molecule has 0 spiro atoms. The number of rotatable bonds is 7. The first-order valence-electron chi connectivity index (χ1n) is 10.0. The normalized spacial score (nSPS) is 13.5. The highest BCUT2D eigenvalue weighted by Crippen LogP contribution is 2.36. The van der Waals surface area contributed by atoms with Gasteiger partial charge in [-0.1, -0.05) is 11.8 Å². The van der Waals surface area contributed by atoms with Crippen molar-refractivity contribution in [3.63, 3.8) is 0 Å². The Bertz CT molecular complexity index is 1050. The minimum atomic E-state index is -0.835. The Hall–Kier alpha value is -3.19. The fraction of sp³-hybridized carbons (Fsp3) is 0.400. The van der Waals surface area contributed by atoms with Gasteiger partial charge in [0.15, 0.2) is 10.9 Å². The van der Waals surface area contributed by atoms with Crippen LogP contribution in [0.4, 0.5) is 10.5 Å². The Balaban J connectivity index is 1.56. The molecule has 2 amide bonds. The van der Waals surface area contributed by atoms with Crippen LogP contribution in [0.3, 0.4) is 0 Å². The van der Waals surface area contributed by atoms with Crippen molar-refractivity contribution in [2.24, 2.45) is 0 Å². The van der Waals surface area contributed by atoms with E-state index in [2.05, 4.69) is 4.98 Å². The first-order chi connectivity index (χ1) is 15.8. The van der Waals surface area contributed by atoms with Crippen LogP contribution in [0.2, 0.25) is 0 Å². The molecule has 0 unspecified atom stereocenters. The number of ether oxygens (including phenoxy) is 2. The summed E-state index contributed by atoms with van der Waals surface area (Å²) in [6.45, 7) is 4.55. The van der Waals surface area contributed by atoms with Gasteiger partial charge in [-0.3, -0.25) is 14.9 Å². The predicted octanol–water partition coefficient (Wildman–Crippen LogP) is 2.97. The number of hydrogen-bond donors (Lipinski definition) is 0. The van der Waals surface area contributed by atoms with Gasteiger partial charge < -0.3 is 19.3 Å². The number of thiazole rings is 1. The maximum Gasteiger partial charge on any atom is 0.409 e. The lowest BCUT2D eigenvalue weighted by Gasteiger charge is -2.33. The number of amides is 2. The van der Waals surface area contributed by atoms with E-state index < -0.39 is 29.5 Å². The van der Waals surface area contributed by atoms with Crippen molar-refractivity contribution in [2.75, 3.05) is 39.4 Å². The van der Waals surface area contributed by atoms with Gasteiger partial charge in [-0.25, -0.2) is 14.6 Å². The van der Waals surface area contributed by atoms with Crippen LogP contribution in [0, 0.1) is 17.0 Å². The largest absolute Gasteiger partial charge is 0.452 e. The lowest BCUT2D eigenvalue weighted by atomic mass is 10.2. The van der Waals surface area contributed by atoms with E-state index in [1.54, 1.807) is 6.92 Å². The molecule has 1 aliphatic rings. The zero-order valence-corrected chi connectivity index (χ0v) is 19.6. The first-order valence-corrected chi connectivity index (χ1v) is 11.7. The van der Waals surface area contributed by atoms with Gasteiger partial charge in [0.25, 0.3) is 11.6 Å². The number of nitrogens with zero attached hydrogens (tertiary/aromatic N) is 4. The fourth-order valence-electron chi connectivity index (χ4n) is 3.00. The molecule has 2 heterocycles. The van der Waals surface area contributed by atoms with Gasteiger partial charge >= 0.3 is 12.1 Å². The SMILES string of the molecule is CCOC(=O)N1CCN(C(=O)COC(=O)c2ccc(Sc3nc(C)cs3)c([N+](=O)[O-])c2)CC1. The van der Waals surface area contributed by atoms with Crippen molar-refractivity contribution in [3.8, 4) is 0 Å². The van der Waals surface area contributed by atoms with E-state index in [1.165, 1.54) is 33.3 Å². The Kier molecular flexibility index (Phi) is 8.22. The number of aromatic nitrogens is 1. The number of esters is 1. The smallest absolute Gasteiger partial charge is 0.409 e. The van der Waals surface area contributed by atoms with Crippen LogP contribution in [-0.4, -0.2) is 77.1 Å². The molecular weight excluding hydrogens is 472 g/mol. The minimum absolute atomic E-state index is 0.0266. The molecule has 0 radical (unpaired) electrons. The highest BCUT2D eigenvalue weighted by Gasteiger charge is 2.26. The van der Waals surface area contributed by atoms with Crippen LogP contribution in [0.5, 0.6) is 0 Å². The summed E-state index contributed by atoms with van der Waals surface area (Å²) in [6.07, 6.45) is -0.427. The molecule has 1 fully saturated rings. The first kappa shape index (κ1) is 24.5. The highest BCUT2D eigenvalue weighted by atomic mass is 32.2.